The maximum atomic E-state index is 12.1. The highest BCUT2D eigenvalue weighted by Gasteiger charge is 2.34. The van der Waals surface area contributed by atoms with E-state index < -0.39 is 18.3 Å². The summed E-state index contributed by atoms with van der Waals surface area (Å²) in [6.45, 7) is 3.06. The first-order valence-corrected chi connectivity index (χ1v) is 7.76. The zero-order valence-corrected chi connectivity index (χ0v) is 13.6. The lowest BCUT2D eigenvalue weighted by molar-refractivity contribution is -0.117. The number of likely N-dealkylation sites (N-methyl/N-ethyl adjacent to an activating group) is 1. The second-order valence-electron chi connectivity index (χ2n) is 5.62. The Morgan fingerprint density at radius 3 is 2.92 bits per heavy atom. The summed E-state index contributed by atoms with van der Waals surface area (Å²) >= 11 is 0. The minimum Gasteiger partial charge on any atom is -0.453 e. The van der Waals surface area contributed by atoms with Crippen molar-refractivity contribution >= 4 is 29.5 Å². The van der Waals surface area contributed by atoms with Crippen LogP contribution in [0.15, 0.2) is 18.2 Å². The van der Waals surface area contributed by atoms with Gasteiger partial charge >= 0.3 is 12.2 Å². The maximum absolute atomic E-state index is 12.1. The number of carbonyl (C=O) groups is 3. The van der Waals surface area contributed by atoms with Gasteiger partial charge in [-0.3, -0.25) is 9.69 Å². The van der Waals surface area contributed by atoms with Crippen molar-refractivity contribution < 1.29 is 23.9 Å². The number of rotatable bonds is 4. The lowest BCUT2D eigenvalue weighted by atomic mass is 10.1. The Morgan fingerprint density at radius 1 is 1.42 bits per heavy atom. The van der Waals surface area contributed by atoms with Gasteiger partial charge in [-0.25, -0.2) is 9.59 Å². The van der Waals surface area contributed by atoms with E-state index in [0.29, 0.717) is 25.2 Å². The summed E-state index contributed by atoms with van der Waals surface area (Å²) in [5.74, 6) is 0.0637. The molecular weight excluding hydrogens is 314 g/mol. The molecule has 8 heteroatoms. The molecule has 1 N–H and O–H groups in total. The molecule has 0 radical (unpaired) electrons. The number of ether oxygens (including phenoxy) is 2. The van der Waals surface area contributed by atoms with E-state index in [0.717, 1.165) is 11.3 Å². The van der Waals surface area contributed by atoms with Crippen molar-refractivity contribution in [2.24, 2.45) is 0 Å². The number of amides is 3. The summed E-state index contributed by atoms with van der Waals surface area (Å²) in [6, 6.07) is 5.50. The first kappa shape index (κ1) is 16.1. The van der Waals surface area contributed by atoms with Gasteiger partial charge in [0.25, 0.3) is 0 Å². The van der Waals surface area contributed by atoms with Crippen LogP contribution in [-0.4, -0.2) is 50.9 Å². The van der Waals surface area contributed by atoms with Crippen molar-refractivity contribution in [1.29, 1.82) is 0 Å². The highest BCUT2D eigenvalue weighted by Crippen LogP contribution is 2.33. The second kappa shape index (κ2) is 6.38. The van der Waals surface area contributed by atoms with Gasteiger partial charge in [0.15, 0.2) is 0 Å². The van der Waals surface area contributed by atoms with E-state index in [1.54, 1.807) is 11.0 Å². The van der Waals surface area contributed by atoms with Gasteiger partial charge in [-0.05, 0) is 30.7 Å². The van der Waals surface area contributed by atoms with Crippen LogP contribution in [0.3, 0.4) is 0 Å². The van der Waals surface area contributed by atoms with Crippen LogP contribution in [0.5, 0.6) is 0 Å². The number of anilines is 2. The Morgan fingerprint density at radius 2 is 2.21 bits per heavy atom. The van der Waals surface area contributed by atoms with Crippen molar-refractivity contribution in [3.63, 3.8) is 0 Å². The number of alkyl carbamates (subject to hydrolysis) is 1. The third-order valence-electron chi connectivity index (χ3n) is 4.16. The molecule has 8 nitrogen and oxygen atoms in total. The van der Waals surface area contributed by atoms with Crippen molar-refractivity contribution in [2.75, 3.05) is 36.5 Å². The predicted octanol–water partition coefficient (Wildman–Crippen LogP) is 1.28. The van der Waals surface area contributed by atoms with Crippen molar-refractivity contribution in [1.82, 2.24) is 5.32 Å². The van der Waals surface area contributed by atoms with Gasteiger partial charge in [0.2, 0.25) is 5.91 Å². The average Bonchev–Trinajstić information content (AvgIpc) is 3.10. The lowest BCUT2D eigenvalue weighted by Gasteiger charge is -2.17. The van der Waals surface area contributed by atoms with Crippen LogP contribution >= 0.6 is 0 Å². The maximum Gasteiger partial charge on any atom is 0.414 e. The monoisotopic (exact) mass is 333 g/mol. The van der Waals surface area contributed by atoms with Gasteiger partial charge in [0.1, 0.15) is 6.10 Å². The molecule has 1 aromatic rings. The fourth-order valence-electron chi connectivity index (χ4n) is 2.99. The molecule has 0 spiro atoms. The molecule has 0 aliphatic carbocycles. The Bertz CT molecular complexity index is 690. The smallest absolute Gasteiger partial charge is 0.414 e. The topological polar surface area (TPSA) is 88.2 Å². The van der Waals surface area contributed by atoms with E-state index in [-0.39, 0.29) is 12.5 Å². The van der Waals surface area contributed by atoms with Crippen LogP contribution in [0.4, 0.5) is 21.0 Å². The minimum absolute atomic E-state index is 0.0637. The third-order valence-corrected chi connectivity index (χ3v) is 4.16. The van der Waals surface area contributed by atoms with Crippen molar-refractivity contribution in [2.45, 2.75) is 19.4 Å². The van der Waals surface area contributed by atoms with E-state index in [9.17, 15) is 14.4 Å². The largest absolute Gasteiger partial charge is 0.453 e. The fraction of sp³-hybridized carbons (Fsp3) is 0.438. The van der Waals surface area contributed by atoms with Gasteiger partial charge in [0, 0.05) is 17.9 Å². The molecule has 2 heterocycles. The fourth-order valence-corrected chi connectivity index (χ4v) is 2.99. The molecule has 0 saturated carbocycles. The molecule has 0 aromatic heterocycles. The standard InChI is InChI=1S/C16H19N3O5/c1-3-18-13-5-4-11(6-10(13)7-14(18)20)19-9-12(24-16(19)22)8-17-15(21)23-2/h4-6,12H,3,7-9H2,1-2H3,(H,17,21). The Hall–Kier alpha value is -2.77. The molecule has 1 saturated heterocycles. The number of nitrogens with zero attached hydrogens (tertiary/aromatic N) is 2. The highest BCUT2D eigenvalue weighted by molar-refractivity contribution is 6.02. The molecule has 3 amide bonds. The number of carbonyl (C=O) groups excluding carboxylic acids is 3. The number of cyclic esters (lactones) is 1. The van der Waals surface area contributed by atoms with Crippen molar-refractivity contribution in [3.05, 3.63) is 23.8 Å². The number of hydrogen-bond acceptors (Lipinski definition) is 5. The third kappa shape index (κ3) is 2.86. The highest BCUT2D eigenvalue weighted by atomic mass is 16.6. The minimum atomic E-state index is -0.569. The SMILES string of the molecule is CCN1C(=O)Cc2cc(N3CC(CNC(=O)OC)OC3=O)ccc21. The van der Waals surface area contributed by atoms with Crippen LogP contribution in [-0.2, 0) is 20.7 Å². The van der Waals surface area contributed by atoms with Crippen LogP contribution in [0.25, 0.3) is 0 Å². The van der Waals surface area contributed by atoms with Gasteiger partial charge < -0.3 is 19.7 Å². The zero-order valence-electron chi connectivity index (χ0n) is 13.6. The second-order valence-corrected chi connectivity index (χ2v) is 5.62. The molecule has 24 heavy (non-hydrogen) atoms. The molecule has 0 bridgehead atoms. The van der Waals surface area contributed by atoms with E-state index in [4.69, 9.17) is 4.74 Å². The number of fused-ring (bicyclic) bond motifs is 1. The Balaban J connectivity index is 1.71. The Kier molecular flexibility index (Phi) is 4.28. The molecule has 1 aromatic carbocycles. The summed E-state index contributed by atoms with van der Waals surface area (Å²) in [5, 5.41) is 2.51. The number of methoxy groups -OCH3 is 1. The number of nitrogens with one attached hydrogen (secondary N) is 1. The quantitative estimate of drug-likeness (QED) is 0.897. The molecule has 2 aliphatic rings. The molecular formula is C16H19N3O5. The van der Waals surface area contributed by atoms with Crippen LogP contribution < -0.4 is 15.1 Å². The van der Waals surface area contributed by atoms with Crippen LogP contribution in [0.2, 0.25) is 0 Å². The van der Waals surface area contributed by atoms with E-state index in [1.165, 1.54) is 12.0 Å². The first-order valence-electron chi connectivity index (χ1n) is 7.76. The summed E-state index contributed by atoms with van der Waals surface area (Å²) in [6.07, 6.45) is -1.14. The normalized spacial score (nSPS) is 19.3. The van der Waals surface area contributed by atoms with E-state index in [2.05, 4.69) is 10.1 Å². The average molecular weight is 333 g/mol. The summed E-state index contributed by atoms with van der Waals surface area (Å²) in [5.41, 5.74) is 2.48. The molecule has 1 unspecified atom stereocenters. The van der Waals surface area contributed by atoms with Crippen LogP contribution in [0, 0.1) is 0 Å². The summed E-state index contributed by atoms with van der Waals surface area (Å²) in [7, 11) is 1.27. The van der Waals surface area contributed by atoms with Gasteiger partial charge in [-0.2, -0.15) is 0 Å². The lowest BCUT2D eigenvalue weighted by Crippen LogP contribution is -2.34. The molecule has 1 atom stereocenters. The molecule has 128 valence electrons. The predicted molar refractivity (Wildman–Crippen MR) is 86.2 cm³/mol. The van der Waals surface area contributed by atoms with Gasteiger partial charge in [0.05, 0.1) is 26.6 Å². The van der Waals surface area contributed by atoms with E-state index in [1.807, 2.05) is 19.1 Å². The first-order chi connectivity index (χ1) is 11.5. The molecule has 2 aliphatic heterocycles. The van der Waals surface area contributed by atoms with Crippen molar-refractivity contribution in [3.8, 4) is 0 Å². The molecule has 1 fully saturated rings. The molecule has 3 rings (SSSR count). The van der Waals surface area contributed by atoms with Gasteiger partial charge in [-0.1, -0.05) is 0 Å². The Labute approximate surface area is 139 Å². The summed E-state index contributed by atoms with van der Waals surface area (Å²) < 4.78 is 9.73. The summed E-state index contributed by atoms with van der Waals surface area (Å²) in [4.78, 5) is 38.3. The van der Waals surface area contributed by atoms with E-state index >= 15 is 0 Å². The number of benzene rings is 1. The number of hydrogen-bond donors (Lipinski definition) is 1. The zero-order chi connectivity index (χ0) is 17.3. The van der Waals surface area contributed by atoms with Gasteiger partial charge in [-0.15, -0.1) is 0 Å². The van der Waals surface area contributed by atoms with Crippen LogP contribution in [0.1, 0.15) is 12.5 Å².